The van der Waals surface area contributed by atoms with Crippen LogP contribution in [0.4, 0.5) is 5.69 Å². The van der Waals surface area contributed by atoms with Gasteiger partial charge in [-0.25, -0.2) is 4.98 Å². The molecule has 1 fully saturated rings. The highest BCUT2D eigenvalue weighted by Crippen LogP contribution is 2.32. The van der Waals surface area contributed by atoms with Crippen molar-refractivity contribution in [2.45, 2.75) is 19.9 Å². The lowest BCUT2D eigenvalue weighted by molar-refractivity contribution is 0.414. The fraction of sp³-hybridized carbons (Fsp3) is 0.385. The fourth-order valence-electron chi connectivity index (χ4n) is 4.28. The zero-order valence-electron chi connectivity index (χ0n) is 20.2. The van der Waals surface area contributed by atoms with Gasteiger partial charge in [-0.05, 0) is 37.0 Å². The van der Waals surface area contributed by atoms with Gasteiger partial charge in [-0.3, -0.25) is 4.99 Å². The van der Waals surface area contributed by atoms with E-state index < -0.39 is 0 Å². The summed E-state index contributed by atoms with van der Waals surface area (Å²) in [5, 5.41) is 3.43. The van der Waals surface area contributed by atoms with E-state index >= 15 is 0 Å². The van der Waals surface area contributed by atoms with Crippen LogP contribution in [0.5, 0.6) is 5.75 Å². The molecule has 1 atom stereocenters. The van der Waals surface area contributed by atoms with Crippen LogP contribution in [0, 0.1) is 5.92 Å². The molecule has 1 aromatic heterocycles. The standard InChI is InChI=1S/C26H34N6O.HI/c1-4-27-26(31(2)19-25-28-17-22(30-25)21-10-6-5-7-11-21)29-16-20-14-15-32(18-20)23-12-8-9-13-24(23)33-3;/h5-13,17,20H,4,14-16,18-19H2,1-3H3,(H,27,29)(H,28,30);1H. The highest BCUT2D eigenvalue weighted by atomic mass is 127. The Morgan fingerprint density at radius 2 is 1.97 bits per heavy atom. The van der Waals surface area contributed by atoms with E-state index in [9.17, 15) is 0 Å². The van der Waals surface area contributed by atoms with Gasteiger partial charge in [0.25, 0.3) is 0 Å². The van der Waals surface area contributed by atoms with Crippen molar-refractivity contribution in [2.24, 2.45) is 10.9 Å². The second-order valence-electron chi connectivity index (χ2n) is 8.43. The van der Waals surface area contributed by atoms with Crippen LogP contribution in [0.25, 0.3) is 11.3 Å². The number of aliphatic imine (C=N–C) groups is 1. The van der Waals surface area contributed by atoms with Crippen LogP contribution in [0.3, 0.4) is 0 Å². The Balaban J connectivity index is 0.00000324. The molecule has 1 saturated heterocycles. The van der Waals surface area contributed by atoms with E-state index in [1.54, 1.807) is 7.11 Å². The number of ether oxygens (including phenoxy) is 1. The van der Waals surface area contributed by atoms with Crippen molar-refractivity contribution in [1.29, 1.82) is 0 Å². The number of methoxy groups -OCH3 is 1. The molecule has 0 spiro atoms. The molecular weight excluding hydrogens is 539 g/mol. The van der Waals surface area contributed by atoms with Crippen LogP contribution in [-0.4, -0.2) is 61.2 Å². The van der Waals surface area contributed by atoms with Crippen molar-refractivity contribution in [1.82, 2.24) is 20.2 Å². The van der Waals surface area contributed by atoms with E-state index in [2.05, 4.69) is 63.3 Å². The SMILES string of the molecule is CCNC(=NCC1CCN(c2ccccc2OC)C1)N(C)Cc1ncc(-c2ccccc2)[nH]1.I. The van der Waals surface area contributed by atoms with Gasteiger partial charge in [0.2, 0.25) is 0 Å². The van der Waals surface area contributed by atoms with Gasteiger partial charge in [0.15, 0.2) is 5.96 Å². The third kappa shape index (κ3) is 6.43. The maximum Gasteiger partial charge on any atom is 0.194 e. The van der Waals surface area contributed by atoms with Crippen molar-refractivity contribution < 1.29 is 4.74 Å². The van der Waals surface area contributed by atoms with Crippen LogP contribution >= 0.6 is 24.0 Å². The summed E-state index contributed by atoms with van der Waals surface area (Å²) in [5.41, 5.74) is 3.34. The van der Waals surface area contributed by atoms with Gasteiger partial charge in [-0.15, -0.1) is 24.0 Å². The van der Waals surface area contributed by atoms with Gasteiger partial charge >= 0.3 is 0 Å². The second kappa shape index (κ2) is 12.6. The average molecular weight is 575 g/mol. The Morgan fingerprint density at radius 3 is 2.74 bits per heavy atom. The number of aromatic nitrogens is 2. The highest BCUT2D eigenvalue weighted by molar-refractivity contribution is 14.0. The summed E-state index contributed by atoms with van der Waals surface area (Å²) in [6, 6.07) is 18.5. The smallest absolute Gasteiger partial charge is 0.194 e. The third-order valence-corrected chi connectivity index (χ3v) is 6.01. The minimum atomic E-state index is 0. The van der Waals surface area contributed by atoms with Gasteiger partial charge in [0.1, 0.15) is 11.6 Å². The molecule has 0 aliphatic carbocycles. The first-order valence-corrected chi connectivity index (χ1v) is 11.6. The average Bonchev–Trinajstić information content (AvgIpc) is 3.52. The zero-order valence-corrected chi connectivity index (χ0v) is 22.5. The van der Waals surface area contributed by atoms with Crippen molar-refractivity contribution in [3.8, 4) is 17.0 Å². The maximum absolute atomic E-state index is 5.55. The van der Waals surface area contributed by atoms with Crippen molar-refractivity contribution in [2.75, 3.05) is 45.2 Å². The minimum absolute atomic E-state index is 0. The molecule has 2 N–H and O–H groups in total. The number of guanidine groups is 1. The molecule has 4 rings (SSSR count). The molecular formula is C26H35IN6O. The molecule has 2 aromatic carbocycles. The Labute approximate surface area is 219 Å². The first-order chi connectivity index (χ1) is 16.2. The Bertz CT molecular complexity index is 1050. The summed E-state index contributed by atoms with van der Waals surface area (Å²) in [4.78, 5) is 17.5. The van der Waals surface area contributed by atoms with E-state index in [0.29, 0.717) is 12.5 Å². The molecule has 8 heteroatoms. The van der Waals surface area contributed by atoms with E-state index in [4.69, 9.17) is 9.73 Å². The number of aromatic amines is 1. The molecule has 7 nitrogen and oxygen atoms in total. The first kappa shape index (κ1) is 25.9. The summed E-state index contributed by atoms with van der Waals surface area (Å²) in [5.74, 6) is 3.28. The maximum atomic E-state index is 5.55. The predicted octanol–water partition coefficient (Wildman–Crippen LogP) is 4.63. The van der Waals surface area contributed by atoms with E-state index in [0.717, 1.165) is 61.4 Å². The Kier molecular flexibility index (Phi) is 9.62. The molecule has 34 heavy (non-hydrogen) atoms. The largest absolute Gasteiger partial charge is 0.495 e. The van der Waals surface area contributed by atoms with Gasteiger partial charge in [0, 0.05) is 33.2 Å². The van der Waals surface area contributed by atoms with Crippen molar-refractivity contribution >= 4 is 35.6 Å². The van der Waals surface area contributed by atoms with Gasteiger partial charge in [-0.1, -0.05) is 42.5 Å². The number of hydrogen-bond donors (Lipinski definition) is 2. The quantitative estimate of drug-likeness (QED) is 0.234. The molecule has 1 aliphatic rings. The minimum Gasteiger partial charge on any atom is -0.495 e. The lowest BCUT2D eigenvalue weighted by atomic mass is 10.1. The summed E-state index contributed by atoms with van der Waals surface area (Å²) >= 11 is 0. The number of anilines is 1. The number of para-hydroxylation sites is 2. The van der Waals surface area contributed by atoms with Gasteiger partial charge in [-0.2, -0.15) is 0 Å². The first-order valence-electron chi connectivity index (χ1n) is 11.6. The third-order valence-electron chi connectivity index (χ3n) is 6.01. The number of H-pyrrole nitrogens is 1. The topological polar surface area (TPSA) is 68.8 Å². The lowest BCUT2D eigenvalue weighted by Gasteiger charge is -2.22. The number of hydrogen-bond acceptors (Lipinski definition) is 4. The molecule has 0 radical (unpaired) electrons. The van der Waals surface area contributed by atoms with Gasteiger partial charge in [0.05, 0.1) is 31.2 Å². The summed E-state index contributed by atoms with van der Waals surface area (Å²) in [6.45, 7) is 6.41. The van der Waals surface area contributed by atoms with E-state index in [1.807, 2.05) is 36.5 Å². The molecule has 3 aromatic rings. The highest BCUT2D eigenvalue weighted by Gasteiger charge is 2.24. The van der Waals surface area contributed by atoms with E-state index in [1.165, 1.54) is 5.69 Å². The van der Waals surface area contributed by atoms with Crippen LogP contribution < -0.4 is 15.0 Å². The fourth-order valence-corrected chi connectivity index (χ4v) is 4.28. The number of rotatable bonds is 8. The molecule has 1 aliphatic heterocycles. The van der Waals surface area contributed by atoms with E-state index in [-0.39, 0.29) is 24.0 Å². The molecule has 0 bridgehead atoms. The molecule has 0 amide bonds. The van der Waals surface area contributed by atoms with Crippen LogP contribution in [0.15, 0.2) is 65.8 Å². The lowest BCUT2D eigenvalue weighted by Crippen LogP contribution is -2.39. The monoisotopic (exact) mass is 574 g/mol. The van der Waals surface area contributed by atoms with Crippen molar-refractivity contribution in [3.05, 3.63) is 66.6 Å². The second-order valence-corrected chi connectivity index (χ2v) is 8.43. The van der Waals surface area contributed by atoms with Crippen molar-refractivity contribution in [3.63, 3.8) is 0 Å². The summed E-state index contributed by atoms with van der Waals surface area (Å²) in [7, 11) is 3.79. The summed E-state index contributed by atoms with van der Waals surface area (Å²) < 4.78 is 5.55. The van der Waals surface area contributed by atoms with Crippen LogP contribution in [0.2, 0.25) is 0 Å². The normalized spacial score (nSPS) is 15.7. The number of benzene rings is 2. The molecule has 1 unspecified atom stereocenters. The van der Waals surface area contributed by atoms with Crippen LogP contribution in [-0.2, 0) is 6.54 Å². The number of halogens is 1. The number of nitrogens with zero attached hydrogens (tertiary/aromatic N) is 4. The Hall–Kier alpha value is -2.75. The number of nitrogens with one attached hydrogen (secondary N) is 2. The van der Waals surface area contributed by atoms with Crippen LogP contribution in [0.1, 0.15) is 19.2 Å². The molecule has 0 saturated carbocycles. The van der Waals surface area contributed by atoms with Gasteiger partial charge < -0.3 is 24.8 Å². The number of imidazole rings is 1. The Morgan fingerprint density at radius 1 is 1.21 bits per heavy atom. The predicted molar refractivity (Wildman–Crippen MR) is 150 cm³/mol. The summed E-state index contributed by atoms with van der Waals surface area (Å²) in [6.07, 6.45) is 3.02. The molecule has 182 valence electrons. The molecule has 2 heterocycles. The zero-order chi connectivity index (χ0) is 23.0.